The number of carbonyl (C=O) groups is 2. The van der Waals surface area contributed by atoms with Crippen molar-refractivity contribution in [3.05, 3.63) is 36.4 Å². The van der Waals surface area contributed by atoms with Crippen molar-refractivity contribution < 1.29 is 28.2 Å². The second kappa shape index (κ2) is 6.23. The van der Waals surface area contributed by atoms with E-state index in [0.29, 0.717) is 16.5 Å². The summed E-state index contributed by atoms with van der Waals surface area (Å²) < 4.78 is 26.8. The van der Waals surface area contributed by atoms with E-state index in [1.54, 1.807) is 18.2 Å². The molecule has 0 spiro atoms. The number of sulfonamides is 1. The van der Waals surface area contributed by atoms with E-state index in [-0.39, 0.29) is 4.90 Å². The predicted octanol–water partition coefficient (Wildman–Crippen LogP) is 0.628. The summed E-state index contributed by atoms with van der Waals surface area (Å²) in [5.41, 5.74) is 6.17. The second-order valence-corrected chi connectivity index (χ2v) is 6.49. The highest BCUT2D eigenvalue weighted by atomic mass is 32.2. The van der Waals surface area contributed by atoms with Crippen molar-refractivity contribution in [1.82, 2.24) is 4.72 Å². The van der Waals surface area contributed by atoms with Gasteiger partial charge in [0, 0.05) is 16.5 Å². The van der Waals surface area contributed by atoms with Crippen LogP contribution in [0.2, 0.25) is 0 Å². The third-order valence-corrected chi connectivity index (χ3v) is 4.71. The normalized spacial score (nSPS) is 12.9. The molecule has 0 aromatic heterocycles. The van der Waals surface area contributed by atoms with Crippen LogP contribution in [0.25, 0.3) is 10.8 Å². The molecule has 8 nitrogen and oxygen atoms in total. The third-order valence-electron chi connectivity index (χ3n) is 3.18. The molecule has 0 bridgehead atoms. The van der Waals surface area contributed by atoms with Gasteiger partial charge >= 0.3 is 11.9 Å². The van der Waals surface area contributed by atoms with Crippen LogP contribution in [-0.4, -0.2) is 36.6 Å². The average molecular weight is 338 g/mol. The Bertz CT molecular complexity index is 878. The highest BCUT2D eigenvalue weighted by molar-refractivity contribution is 7.89. The Kier molecular flexibility index (Phi) is 4.52. The molecule has 5 N–H and O–H groups in total. The lowest BCUT2D eigenvalue weighted by Crippen LogP contribution is -2.42. The molecule has 0 aliphatic carbocycles. The summed E-state index contributed by atoms with van der Waals surface area (Å²) in [6, 6.07) is 7.35. The summed E-state index contributed by atoms with van der Waals surface area (Å²) in [5, 5.41) is 18.5. The van der Waals surface area contributed by atoms with E-state index in [9.17, 15) is 18.0 Å². The van der Waals surface area contributed by atoms with Gasteiger partial charge in [-0.2, -0.15) is 4.72 Å². The standard InChI is InChI=1S/C14H14N2O6S/c15-10-5-6-12(9-4-2-1-3-8(9)10)23(21,22)16-11(14(19)20)7-13(17)18/h1-6,11,16H,7,15H2,(H,17,18)(H,19,20). The minimum Gasteiger partial charge on any atom is -0.481 e. The quantitative estimate of drug-likeness (QED) is 0.565. The van der Waals surface area contributed by atoms with Gasteiger partial charge in [0.1, 0.15) is 6.04 Å². The predicted molar refractivity (Wildman–Crippen MR) is 82.4 cm³/mol. The first-order valence-corrected chi connectivity index (χ1v) is 7.95. The Morgan fingerprint density at radius 2 is 1.70 bits per heavy atom. The monoisotopic (exact) mass is 338 g/mol. The van der Waals surface area contributed by atoms with E-state index in [1.165, 1.54) is 18.2 Å². The largest absolute Gasteiger partial charge is 0.481 e. The average Bonchev–Trinajstić information content (AvgIpc) is 2.46. The van der Waals surface area contributed by atoms with E-state index in [0.717, 1.165) is 0 Å². The number of nitrogens with one attached hydrogen (secondary N) is 1. The van der Waals surface area contributed by atoms with Crippen LogP contribution in [0, 0.1) is 0 Å². The third kappa shape index (κ3) is 3.58. The topological polar surface area (TPSA) is 147 Å². The Morgan fingerprint density at radius 1 is 1.09 bits per heavy atom. The zero-order chi connectivity index (χ0) is 17.2. The van der Waals surface area contributed by atoms with Crippen molar-refractivity contribution in [2.45, 2.75) is 17.4 Å². The number of anilines is 1. The minimum atomic E-state index is -4.24. The maximum Gasteiger partial charge on any atom is 0.322 e. The van der Waals surface area contributed by atoms with Crippen LogP contribution in [0.4, 0.5) is 5.69 Å². The van der Waals surface area contributed by atoms with Crippen molar-refractivity contribution in [1.29, 1.82) is 0 Å². The number of carboxylic acid groups (broad SMARTS) is 2. The number of fused-ring (bicyclic) bond motifs is 1. The molecule has 2 rings (SSSR count). The summed E-state index contributed by atoms with van der Waals surface area (Å²) in [4.78, 5) is 21.6. The fraction of sp³-hybridized carbons (Fsp3) is 0.143. The number of nitrogens with two attached hydrogens (primary N) is 1. The van der Waals surface area contributed by atoms with Gasteiger partial charge in [0.15, 0.2) is 0 Å². The van der Waals surface area contributed by atoms with E-state index < -0.39 is 34.4 Å². The number of hydrogen-bond acceptors (Lipinski definition) is 5. The molecule has 0 heterocycles. The van der Waals surface area contributed by atoms with E-state index in [4.69, 9.17) is 15.9 Å². The maximum absolute atomic E-state index is 12.4. The lowest BCUT2D eigenvalue weighted by molar-refractivity contribution is -0.145. The van der Waals surface area contributed by atoms with Gasteiger partial charge < -0.3 is 15.9 Å². The lowest BCUT2D eigenvalue weighted by atomic mass is 10.1. The van der Waals surface area contributed by atoms with E-state index >= 15 is 0 Å². The number of carboxylic acids is 2. The number of benzene rings is 2. The summed E-state index contributed by atoms with van der Waals surface area (Å²) in [6.45, 7) is 0. The highest BCUT2D eigenvalue weighted by Crippen LogP contribution is 2.27. The SMILES string of the molecule is Nc1ccc(S(=O)(=O)NC(CC(=O)O)C(=O)O)c2ccccc12. The van der Waals surface area contributed by atoms with E-state index in [2.05, 4.69) is 0 Å². The summed E-state index contributed by atoms with van der Waals surface area (Å²) in [6.07, 6.45) is -0.874. The first kappa shape index (κ1) is 16.7. The molecule has 122 valence electrons. The van der Waals surface area contributed by atoms with Crippen molar-refractivity contribution in [2.24, 2.45) is 0 Å². The Morgan fingerprint density at radius 3 is 2.26 bits per heavy atom. The van der Waals surface area contributed by atoms with Crippen molar-refractivity contribution in [2.75, 3.05) is 5.73 Å². The number of hydrogen-bond donors (Lipinski definition) is 4. The van der Waals surface area contributed by atoms with Crippen LogP contribution < -0.4 is 10.5 Å². The molecule has 1 unspecified atom stereocenters. The Labute approximate surface area is 131 Å². The Balaban J connectivity index is 2.50. The van der Waals surface area contributed by atoms with Gasteiger partial charge in [-0.1, -0.05) is 24.3 Å². The van der Waals surface area contributed by atoms with E-state index in [1.807, 2.05) is 4.72 Å². The molecule has 1 atom stereocenters. The van der Waals surface area contributed by atoms with Crippen LogP contribution in [0.3, 0.4) is 0 Å². The van der Waals surface area contributed by atoms with Gasteiger partial charge in [0.25, 0.3) is 0 Å². The molecule has 0 saturated heterocycles. The van der Waals surface area contributed by atoms with Crippen molar-refractivity contribution in [3.8, 4) is 0 Å². The molecule has 23 heavy (non-hydrogen) atoms. The first-order valence-electron chi connectivity index (χ1n) is 6.46. The van der Waals surface area contributed by atoms with Crippen LogP contribution in [-0.2, 0) is 19.6 Å². The zero-order valence-electron chi connectivity index (χ0n) is 11.8. The minimum absolute atomic E-state index is 0.168. The fourth-order valence-electron chi connectivity index (χ4n) is 2.13. The summed E-state index contributed by atoms with van der Waals surface area (Å²) in [7, 11) is -4.24. The summed E-state index contributed by atoms with van der Waals surface area (Å²) in [5.74, 6) is -3.00. The number of aliphatic carboxylic acids is 2. The number of nitrogen functional groups attached to an aromatic ring is 1. The maximum atomic E-state index is 12.4. The van der Waals surface area contributed by atoms with Crippen LogP contribution >= 0.6 is 0 Å². The second-order valence-electron chi connectivity index (χ2n) is 4.81. The molecule has 0 aliphatic heterocycles. The number of rotatable bonds is 6. The molecule has 9 heteroatoms. The smallest absolute Gasteiger partial charge is 0.322 e. The van der Waals surface area contributed by atoms with Gasteiger partial charge in [-0.3, -0.25) is 9.59 Å². The Hall–Kier alpha value is -2.65. The molecule has 2 aromatic carbocycles. The van der Waals surface area contributed by atoms with Gasteiger partial charge in [-0.05, 0) is 12.1 Å². The molecule has 0 saturated carbocycles. The first-order chi connectivity index (χ1) is 10.7. The van der Waals surface area contributed by atoms with Gasteiger partial charge in [0.2, 0.25) is 10.0 Å². The summed E-state index contributed by atoms with van der Waals surface area (Å²) >= 11 is 0. The fourth-order valence-corrected chi connectivity index (χ4v) is 3.53. The van der Waals surface area contributed by atoms with Gasteiger partial charge in [-0.15, -0.1) is 0 Å². The lowest BCUT2D eigenvalue weighted by Gasteiger charge is -2.15. The van der Waals surface area contributed by atoms with Crippen LogP contribution in [0.15, 0.2) is 41.3 Å². The molecular weight excluding hydrogens is 324 g/mol. The zero-order valence-corrected chi connectivity index (χ0v) is 12.6. The highest BCUT2D eigenvalue weighted by Gasteiger charge is 2.28. The molecule has 0 fully saturated rings. The molecule has 0 aliphatic rings. The van der Waals surface area contributed by atoms with Crippen LogP contribution in [0.1, 0.15) is 6.42 Å². The molecular formula is C14H14N2O6S. The molecule has 0 amide bonds. The van der Waals surface area contributed by atoms with Crippen LogP contribution in [0.5, 0.6) is 0 Å². The van der Waals surface area contributed by atoms with Gasteiger partial charge in [0.05, 0.1) is 11.3 Å². The van der Waals surface area contributed by atoms with Gasteiger partial charge in [-0.25, -0.2) is 8.42 Å². The molecule has 0 radical (unpaired) electrons. The van der Waals surface area contributed by atoms with Crippen molar-refractivity contribution >= 4 is 38.4 Å². The molecule has 2 aromatic rings. The van der Waals surface area contributed by atoms with Crippen molar-refractivity contribution in [3.63, 3.8) is 0 Å².